The molecule has 17 heavy (non-hydrogen) atoms. The van der Waals surface area contributed by atoms with Gasteiger partial charge in [-0.05, 0) is 50.9 Å². The maximum Gasteiger partial charge on any atom is 0.0305 e. The Labute approximate surface area is 112 Å². The molecule has 2 rings (SSSR count). The van der Waals surface area contributed by atoms with Crippen molar-refractivity contribution in [2.45, 2.75) is 38.3 Å². The van der Waals surface area contributed by atoms with Gasteiger partial charge in [-0.15, -0.1) is 0 Å². The van der Waals surface area contributed by atoms with Crippen LogP contribution in [0.5, 0.6) is 0 Å². The van der Waals surface area contributed by atoms with Crippen molar-refractivity contribution < 1.29 is 0 Å². The summed E-state index contributed by atoms with van der Waals surface area (Å²) in [6.45, 7) is 4.56. The van der Waals surface area contributed by atoms with E-state index in [4.69, 9.17) is 0 Å². The summed E-state index contributed by atoms with van der Waals surface area (Å²) in [7, 11) is 0. The minimum Gasteiger partial charge on any atom is -0.317 e. The molecule has 1 aromatic rings. The molecule has 1 aliphatic rings. The van der Waals surface area contributed by atoms with Crippen LogP contribution in [0.4, 0.5) is 0 Å². The molecule has 1 unspecified atom stereocenters. The maximum atomic E-state index is 3.75. The van der Waals surface area contributed by atoms with Gasteiger partial charge in [0.05, 0.1) is 0 Å². The highest BCUT2D eigenvalue weighted by Gasteiger charge is 2.16. The van der Waals surface area contributed by atoms with Crippen molar-refractivity contribution in [3.8, 4) is 0 Å². The molecule has 0 aromatic heterocycles. The van der Waals surface area contributed by atoms with Crippen LogP contribution in [0.1, 0.15) is 37.8 Å². The minimum absolute atomic E-state index is 0.411. The van der Waals surface area contributed by atoms with Crippen LogP contribution in [0.2, 0.25) is 0 Å². The molecule has 0 bridgehead atoms. The maximum absolute atomic E-state index is 3.75. The Morgan fingerprint density at radius 3 is 2.94 bits per heavy atom. The molecule has 1 heterocycles. The second-order valence-electron chi connectivity index (χ2n) is 4.79. The summed E-state index contributed by atoms with van der Waals surface area (Å²) < 4.78 is 1.20. The fourth-order valence-electron chi connectivity index (χ4n) is 2.46. The number of nitrogens with one attached hydrogen (secondary N) is 2. The van der Waals surface area contributed by atoms with E-state index in [1.165, 1.54) is 35.8 Å². The largest absolute Gasteiger partial charge is 0.317 e. The first kappa shape index (κ1) is 13.1. The highest BCUT2D eigenvalue weighted by atomic mass is 79.9. The van der Waals surface area contributed by atoms with E-state index < -0.39 is 0 Å². The van der Waals surface area contributed by atoms with Gasteiger partial charge in [0.2, 0.25) is 0 Å². The third-order valence-corrected chi connectivity index (χ3v) is 4.16. The minimum atomic E-state index is 0.411. The number of rotatable bonds is 3. The highest BCUT2D eigenvalue weighted by Crippen LogP contribution is 2.24. The molecule has 2 nitrogen and oxygen atoms in total. The van der Waals surface area contributed by atoms with Gasteiger partial charge in [-0.3, -0.25) is 0 Å². The Bertz CT molecular complexity index is 346. The van der Waals surface area contributed by atoms with E-state index in [2.05, 4.69) is 57.8 Å². The van der Waals surface area contributed by atoms with Gasteiger partial charge in [-0.2, -0.15) is 0 Å². The Hall–Kier alpha value is -0.380. The van der Waals surface area contributed by atoms with E-state index in [1.807, 2.05) is 0 Å². The second-order valence-corrected chi connectivity index (χ2v) is 5.64. The SMILES string of the molecule is C[C@@H](NC1CCCNCC1)c1ccccc1Br. The first-order valence-electron chi connectivity index (χ1n) is 6.48. The second kappa shape index (κ2) is 6.53. The summed E-state index contributed by atoms with van der Waals surface area (Å²) in [6, 6.07) is 9.53. The smallest absolute Gasteiger partial charge is 0.0305 e. The third-order valence-electron chi connectivity index (χ3n) is 3.43. The van der Waals surface area contributed by atoms with Gasteiger partial charge in [-0.1, -0.05) is 34.1 Å². The molecule has 3 heteroatoms. The molecule has 0 saturated carbocycles. The third kappa shape index (κ3) is 3.80. The Morgan fingerprint density at radius 1 is 1.29 bits per heavy atom. The van der Waals surface area contributed by atoms with Crippen molar-refractivity contribution in [3.63, 3.8) is 0 Å². The standard InChI is InChI=1S/C14H21BrN2/c1-11(13-6-2-3-7-14(13)15)17-12-5-4-9-16-10-8-12/h2-3,6-7,11-12,16-17H,4-5,8-10H2,1H3/t11-,12?/m1/s1. The quantitative estimate of drug-likeness (QED) is 0.895. The van der Waals surface area contributed by atoms with Crippen molar-refractivity contribution in [3.05, 3.63) is 34.3 Å². The lowest BCUT2D eigenvalue weighted by atomic mass is 10.0. The van der Waals surface area contributed by atoms with Crippen molar-refractivity contribution >= 4 is 15.9 Å². The highest BCUT2D eigenvalue weighted by molar-refractivity contribution is 9.10. The van der Waals surface area contributed by atoms with E-state index in [1.54, 1.807) is 0 Å². The lowest BCUT2D eigenvalue weighted by Gasteiger charge is -2.23. The first-order valence-corrected chi connectivity index (χ1v) is 7.28. The molecular weight excluding hydrogens is 276 g/mol. The zero-order chi connectivity index (χ0) is 12.1. The van der Waals surface area contributed by atoms with Crippen molar-refractivity contribution in [1.29, 1.82) is 0 Å². The summed E-state index contributed by atoms with van der Waals surface area (Å²) in [6.07, 6.45) is 3.79. The zero-order valence-electron chi connectivity index (χ0n) is 10.4. The van der Waals surface area contributed by atoms with E-state index in [0.717, 1.165) is 6.54 Å². The molecule has 1 saturated heterocycles. The molecule has 0 spiro atoms. The molecule has 1 fully saturated rings. The molecule has 1 aromatic carbocycles. The molecule has 1 aliphatic heterocycles. The van der Waals surface area contributed by atoms with Crippen LogP contribution < -0.4 is 10.6 Å². The van der Waals surface area contributed by atoms with E-state index in [9.17, 15) is 0 Å². The molecule has 0 amide bonds. The predicted molar refractivity (Wildman–Crippen MR) is 76.2 cm³/mol. The lowest BCUT2D eigenvalue weighted by Crippen LogP contribution is -2.32. The summed E-state index contributed by atoms with van der Waals surface area (Å²) in [5.41, 5.74) is 1.35. The number of halogens is 1. The summed E-state index contributed by atoms with van der Waals surface area (Å²) in [5.74, 6) is 0. The van der Waals surface area contributed by atoms with Gasteiger partial charge < -0.3 is 10.6 Å². The van der Waals surface area contributed by atoms with Gasteiger partial charge in [0.25, 0.3) is 0 Å². The summed E-state index contributed by atoms with van der Waals surface area (Å²) in [5, 5.41) is 7.20. The van der Waals surface area contributed by atoms with Crippen LogP contribution in [-0.2, 0) is 0 Å². The molecule has 0 radical (unpaired) electrons. The van der Waals surface area contributed by atoms with Crippen LogP contribution in [0, 0.1) is 0 Å². The van der Waals surface area contributed by atoms with Gasteiger partial charge >= 0.3 is 0 Å². The Balaban J connectivity index is 1.96. The fraction of sp³-hybridized carbons (Fsp3) is 0.571. The normalized spacial score (nSPS) is 23.1. The van der Waals surface area contributed by atoms with Gasteiger partial charge in [0.15, 0.2) is 0 Å². The van der Waals surface area contributed by atoms with Crippen LogP contribution in [-0.4, -0.2) is 19.1 Å². The topological polar surface area (TPSA) is 24.1 Å². The van der Waals surface area contributed by atoms with E-state index in [-0.39, 0.29) is 0 Å². The monoisotopic (exact) mass is 296 g/mol. The number of hydrogen-bond acceptors (Lipinski definition) is 2. The molecular formula is C14H21BrN2. The van der Waals surface area contributed by atoms with E-state index in [0.29, 0.717) is 12.1 Å². The van der Waals surface area contributed by atoms with Gasteiger partial charge in [-0.25, -0.2) is 0 Å². The van der Waals surface area contributed by atoms with Gasteiger partial charge in [0, 0.05) is 16.6 Å². The van der Waals surface area contributed by atoms with Crippen LogP contribution in [0.25, 0.3) is 0 Å². The van der Waals surface area contributed by atoms with Crippen molar-refractivity contribution in [2.24, 2.45) is 0 Å². The van der Waals surface area contributed by atoms with Crippen molar-refractivity contribution in [1.82, 2.24) is 10.6 Å². The summed E-state index contributed by atoms with van der Waals surface area (Å²) in [4.78, 5) is 0. The Kier molecular flexibility index (Phi) is 5.01. The zero-order valence-corrected chi connectivity index (χ0v) is 12.0. The molecule has 94 valence electrons. The first-order chi connectivity index (χ1) is 8.27. The van der Waals surface area contributed by atoms with Crippen LogP contribution in [0.3, 0.4) is 0 Å². The van der Waals surface area contributed by atoms with Gasteiger partial charge in [0.1, 0.15) is 0 Å². The predicted octanol–water partition coefficient (Wildman–Crippen LogP) is 3.24. The lowest BCUT2D eigenvalue weighted by molar-refractivity contribution is 0.420. The van der Waals surface area contributed by atoms with Crippen LogP contribution in [0.15, 0.2) is 28.7 Å². The van der Waals surface area contributed by atoms with Crippen LogP contribution >= 0.6 is 15.9 Å². The molecule has 2 atom stereocenters. The molecule has 2 N–H and O–H groups in total. The number of hydrogen-bond donors (Lipinski definition) is 2. The molecule has 0 aliphatic carbocycles. The average Bonchev–Trinajstić information content (AvgIpc) is 2.58. The fourth-order valence-corrected chi connectivity index (χ4v) is 3.08. The number of benzene rings is 1. The van der Waals surface area contributed by atoms with Crippen molar-refractivity contribution in [2.75, 3.05) is 13.1 Å². The van der Waals surface area contributed by atoms with E-state index >= 15 is 0 Å². The average molecular weight is 297 g/mol. The Morgan fingerprint density at radius 2 is 2.12 bits per heavy atom. The summed E-state index contributed by atoms with van der Waals surface area (Å²) >= 11 is 3.62.